The standard InChI is InChI=1S/C30H41N5O4S2/c1-7-9-15-37-24-13-11-20(3)17-26(24)39-41(36)31-19-22(5)29-32-33-30-28(23(6)34-35(29)30)40-27-18-21(4)12-14-25(27)38-16-10-8-2/h11-14,17-18,22,31,34H,7-10,15-16,19H2,1-6H3. The molecule has 0 aliphatic carbocycles. The molecule has 2 atom stereocenters. The quantitative estimate of drug-likeness (QED) is 0.136. The topological polar surface area (TPSA) is 103 Å². The van der Waals surface area contributed by atoms with E-state index in [2.05, 4.69) is 52.9 Å². The van der Waals surface area contributed by atoms with Crippen molar-refractivity contribution < 1.29 is 17.9 Å². The van der Waals surface area contributed by atoms with E-state index in [0.717, 1.165) is 64.0 Å². The average Bonchev–Trinajstić information content (AvgIpc) is 3.48. The number of hydrogen-bond acceptors (Lipinski definition) is 7. The lowest BCUT2D eigenvalue weighted by molar-refractivity contribution is 0.301. The van der Waals surface area contributed by atoms with Crippen molar-refractivity contribution in [1.82, 2.24) is 24.5 Å². The Morgan fingerprint density at radius 1 is 0.951 bits per heavy atom. The predicted octanol–water partition coefficient (Wildman–Crippen LogP) is 6.84. The van der Waals surface area contributed by atoms with Gasteiger partial charge in [0.1, 0.15) is 5.75 Å². The molecule has 4 aromatic rings. The fourth-order valence-electron chi connectivity index (χ4n) is 4.15. The molecule has 0 saturated heterocycles. The van der Waals surface area contributed by atoms with Crippen LogP contribution in [0.2, 0.25) is 0 Å². The third kappa shape index (κ3) is 8.05. The van der Waals surface area contributed by atoms with E-state index in [1.165, 1.54) is 5.56 Å². The van der Waals surface area contributed by atoms with E-state index in [9.17, 15) is 4.21 Å². The molecule has 2 aromatic carbocycles. The first-order valence-corrected chi connectivity index (χ1v) is 16.1. The van der Waals surface area contributed by atoms with Crippen molar-refractivity contribution in [2.24, 2.45) is 0 Å². The van der Waals surface area contributed by atoms with E-state index in [1.54, 1.807) is 11.8 Å². The minimum atomic E-state index is -1.76. The van der Waals surface area contributed by atoms with Gasteiger partial charge in [-0.1, -0.05) is 57.5 Å². The average molecular weight is 600 g/mol. The van der Waals surface area contributed by atoms with Gasteiger partial charge < -0.3 is 13.7 Å². The van der Waals surface area contributed by atoms with Crippen LogP contribution in [0, 0.1) is 20.8 Å². The lowest BCUT2D eigenvalue weighted by Crippen LogP contribution is -2.27. The van der Waals surface area contributed by atoms with Crippen LogP contribution in [0.3, 0.4) is 0 Å². The molecule has 0 aliphatic rings. The summed E-state index contributed by atoms with van der Waals surface area (Å²) in [5.41, 5.74) is 3.91. The van der Waals surface area contributed by atoms with Gasteiger partial charge in [-0.2, -0.15) is 4.21 Å². The summed E-state index contributed by atoms with van der Waals surface area (Å²) < 4.78 is 35.3. The van der Waals surface area contributed by atoms with Gasteiger partial charge in [0, 0.05) is 18.2 Å². The number of aromatic nitrogens is 4. The Morgan fingerprint density at radius 2 is 1.61 bits per heavy atom. The number of fused-ring (bicyclic) bond motifs is 1. The molecule has 222 valence electrons. The number of nitrogens with one attached hydrogen (secondary N) is 2. The second kappa shape index (κ2) is 14.7. The summed E-state index contributed by atoms with van der Waals surface area (Å²) in [5, 5.41) is 12.4. The van der Waals surface area contributed by atoms with Crippen LogP contribution in [0.1, 0.15) is 75.0 Å². The molecule has 0 bridgehead atoms. The van der Waals surface area contributed by atoms with Crippen LogP contribution >= 0.6 is 11.8 Å². The van der Waals surface area contributed by atoms with Crippen LogP contribution in [-0.4, -0.2) is 43.8 Å². The second-order valence-electron chi connectivity index (χ2n) is 10.3. The molecular weight excluding hydrogens is 558 g/mol. The zero-order chi connectivity index (χ0) is 29.4. The van der Waals surface area contributed by atoms with Crippen molar-refractivity contribution in [2.75, 3.05) is 19.8 Å². The first-order chi connectivity index (χ1) is 19.8. The number of rotatable bonds is 16. The number of aryl methyl sites for hydroxylation is 3. The largest absolute Gasteiger partial charge is 0.492 e. The van der Waals surface area contributed by atoms with Crippen molar-refractivity contribution in [1.29, 1.82) is 0 Å². The molecule has 11 heteroatoms. The Kier molecular flexibility index (Phi) is 11.1. The summed E-state index contributed by atoms with van der Waals surface area (Å²) in [6, 6.07) is 11.9. The molecule has 2 N–H and O–H groups in total. The van der Waals surface area contributed by atoms with Crippen molar-refractivity contribution >= 4 is 28.7 Å². The molecular formula is C30H41N5O4S2. The highest BCUT2D eigenvalue weighted by Gasteiger charge is 2.22. The number of unbranched alkanes of at least 4 members (excludes halogenated alkanes) is 2. The molecule has 0 amide bonds. The van der Waals surface area contributed by atoms with Gasteiger partial charge in [-0.25, -0.2) is 9.24 Å². The van der Waals surface area contributed by atoms with Crippen LogP contribution < -0.4 is 18.4 Å². The summed E-state index contributed by atoms with van der Waals surface area (Å²) in [7, 11) is 0. The normalized spacial score (nSPS) is 12.9. The van der Waals surface area contributed by atoms with Crippen LogP contribution in [0.5, 0.6) is 17.2 Å². The number of ether oxygens (including phenoxy) is 2. The molecule has 2 aromatic heterocycles. The van der Waals surface area contributed by atoms with Gasteiger partial charge in [0.05, 0.1) is 23.0 Å². The van der Waals surface area contributed by atoms with Gasteiger partial charge in [-0.3, -0.25) is 5.10 Å². The SMILES string of the molecule is CCCCOc1ccc(C)cc1OS(=O)NCC(C)c1nnc2c(Sc3cc(C)ccc3OCCCC)c(C)[nH]n12. The number of aromatic amines is 1. The molecule has 4 rings (SSSR count). The highest BCUT2D eigenvalue weighted by Crippen LogP contribution is 2.39. The Labute approximate surface area is 249 Å². The molecule has 2 unspecified atom stereocenters. The monoisotopic (exact) mass is 599 g/mol. The lowest BCUT2D eigenvalue weighted by atomic mass is 10.2. The third-order valence-electron chi connectivity index (χ3n) is 6.55. The first-order valence-electron chi connectivity index (χ1n) is 14.2. The smallest absolute Gasteiger partial charge is 0.288 e. The van der Waals surface area contributed by atoms with Crippen LogP contribution in [-0.2, 0) is 11.3 Å². The van der Waals surface area contributed by atoms with Gasteiger partial charge in [0.15, 0.2) is 23.0 Å². The molecule has 0 radical (unpaired) electrons. The summed E-state index contributed by atoms with van der Waals surface area (Å²) in [5.74, 6) is 2.56. The maximum atomic E-state index is 12.8. The van der Waals surface area contributed by atoms with Gasteiger partial charge in [-0.15, -0.1) is 10.2 Å². The van der Waals surface area contributed by atoms with E-state index >= 15 is 0 Å². The van der Waals surface area contributed by atoms with Gasteiger partial charge in [0.25, 0.3) is 11.3 Å². The lowest BCUT2D eigenvalue weighted by Gasteiger charge is -2.14. The Balaban J connectivity index is 1.44. The van der Waals surface area contributed by atoms with Crippen LogP contribution in [0.15, 0.2) is 46.2 Å². The number of nitrogens with zero attached hydrogens (tertiary/aromatic N) is 3. The van der Waals surface area contributed by atoms with Crippen molar-refractivity contribution in [3.63, 3.8) is 0 Å². The van der Waals surface area contributed by atoms with Crippen molar-refractivity contribution in [2.45, 2.75) is 82.9 Å². The number of hydrogen-bond donors (Lipinski definition) is 2. The zero-order valence-electron chi connectivity index (χ0n) is 24.8. The van der Waals surface area contributed by atoms with E-state index in [-0.39, 0.29) is 5.92 Å². The fourth-order valence-corrected chi connectivity index (χ4v) is 6.01. The molecule has 41 heavy (non-hydrogen) atoms. The van der Waals surface area contributed by atoms with E-state index in [0.29, 0.717) is 31.3 Å². The van der Waals surface area contributed by atoms with Crippen molar-refractivity contribution in [3.8, 4) is 17.2 Å². The summed E-state index contributed by atoms with van der Waals surface area (Å²) >= 11 is -0.136. The molecule has 0 aliphatic heterocycles. The summed E-state index contributed by atoms with van der Waals surface area (Å²) in [4.78, 5) is 2.04. The minimum Gasteiger partial charge on any atom is -0.492 e. The first kappa shape index (κ1) is 30.9. The Morgan fingerprint density at radius 3 is 2.32 bits per heavy atom. The Hall–Kier alpha value is -3.02. The van der Waals surface area contributed by atoms with Gasteiger partial charge in [0.2, 0.25) is 0 Å². The number of H-pyrrole nitrogens is 1. The highest BCUT2D eigenvalue weighted by atomic mass is 32.2. The van der Waals surface area contributed by atoms with E-state index in [1.807, 2.05) is 49.6 Å². The zero-order valence-corrected chi connectivity index (χ0v) is 26.4. The molecule has 2 heterocycles. The summed E-state index contributed by atoms with van der Waals surface area (Å²) in [6.07, 6.45) is 4.07. The van der Waals surface area contributed by atoms with Gasteiger partial charge >= 0.3 is 0 Å². The van der Waals surface area contributed by atoms with Crippen molar-refractivity contribution in [3.05, 3.63) is 59.0 Å². The third-order valence-corrected chi connectivity index (χ3v) is 8.51. The minimum absolute atomic E-state index is 0.0989. The summed E-state index contributed by atoms with van der Waals surface area (Å²) in [6.45, 7) is 14.0. The fraction of sp³-hybridized carbons (Fsp3) is 0.467. The molecule has 0 spiro atoms. The maximum Gasteiger partial charge on any atom is 0.288 e. The molecule has 9 nitrogen and oxygen atoms in total. The molecule has 0 fully saturated rings. The highest BCUT2D eigenvalue weighted by molar-refractivity contribution is 7.99. The number of benzene rings is 2. The molecule has 0 saturated carbocycles. The van der Waals surface area contributed by atoms with E-state index < -0.39 is 11.3 Å². The second-order valence-corrected chi connectivity index (χ2v) is 12.2. The van der Waals surface area contributed by atoms with E-state index in [4.69, 9.17) is 13.7 Å². The Bertz CT molecular complexity index is 1470. The predicted molar refractivity (Wildman–Crippen MR) is 165 cm³/mol. The van der Waals surface area contributed by atoms with Crippen LogP contribution in [0.4, 0.5) is 0 Å². The van der Waals surface area contributed by atoms with Gasteiger partial charge in [-0.05, 0) is 69.0 Å². The maximum absolute atomic E-state index is 12.8. The van der Waals surface area contributed by atoms with Crippen LogP contribution in [0.25, 0.3) is 5.65 Å².